The predicted molar refractivity (Wildman–Crippen MR) is 71.4 cm³/mol. The fourth-order valence-corrected chi connectivity index (χ4v) is 2.99. The molecule has 6 nitrogen and oxygen atoms in total. The zero-order chi connectivity index (χ0) is 15.0. The van der Waals surface area contributed by atoms with Crippen molar-refractivity contribution in [3.05, 3.63) is 29.6 Å². The largest absolute Gasteiger partial charge is 0.478 e. The van der Waals surface area contributed by atoms with Gasteiger partial charge in [-0.05, 0) is 18.7 Å². The van der Waals surface area contributed by atoms with E-state index in [4.69, 9.17) is 5.11 Å². The summed E-state index contributed by atoms with van der Waals surface area (Å²) in [6.45, 7) is 1.59. The van der Waals surface area contributed by atoms with Gasteiger partial charge in [-0.25, -0.2) is 9.18 Å². The monoisotopic (exact) mass is 293 g/mol. The van der Waals surface area contributed by atoms with Crippen molar-refractivity contribution in [2.24, 2.45) is 5.92 Å². The van der Waals surface area contributed by atoms with Crippen LogP contribution in [0, 0.1) is 5.92 Å². The zero-order valence-corrected chi connectivity index (χ0v) is 11.4. The Bertz CT molecular complexity index is 577. The normalized spacial score (nSPS) is 28.5. The van der Waals surface area contributed by atoms with E-state index in [0.717, 1.165) is 0 Å². The van der Waals surface area contributed by atoms with Crippen molar-refractivity contribution in [1.82, 2.24) is 15.2 Å². The van der Waals surface area contributed by atoms with E-state index in [9.17, 15) is 14.0 Å². The van der Waals surface area contributed by atoms with Crippen LogP contribution in [-0.4, -0.2) is 52.2 Å². The summed E-state index contributed by atoms with van der Waals surface area (Å²) < 4.78 is 14.7. The number of pyridine rings is 1. The lowest BCUT2D eigenvalue weighted by Gasteiger charge is -2.29. The first-order chi connectivity index (χ1) is 10.0. The fraction of sp³-hybridized carbons (Fsp3) is 0.500. The number of amides is 1. The third kappa shape index (κ3) is 2.37. The average Bonchev–Trinajstić information content (AvgIpc) is 2.72. The van der Waals surface area contributed by atoms with Gasteiger partial charge in [-0.1, -0.05) is 0 Å². The van der Waals surface area contributed by atoms with E-state index in [1.807, 2.05) is 0 Å². The van der Waals surface area contributed by atoms with E-state index in [2.05, 4.69) is 10.3 Å². The SMILES string of the molecule is O=C(O)c1ccc(CN2CC3CNCCC3(F)C2=O)nc1. The summed E-state index contributed by atoms with van der Waals surface area (Å²) >= 11 is 0. The number of carboxylic acids is 1. The Kier molecular flexibility index (Phi) is 3.36. The van der Waals surface area contributed by atoms with Gasteiger partial charge < -0.3 is 15.3 Å². The number of hydrogen-bond acceptors (Lipinski definition) is 4. The Balaban J connectivity index is 1.73. The fourth-order valence-electron chi connectivity index (χ4n) is 2.99. The minimum absolute atomic E-state index is 0.0892. The van der Waals surface area contributed by atoms with Gasteiger partial charge in [-0.3, -0.25) is 9.78 Å². The van der Waals surface area contributed by atoms with Crippen LogP contribution in [0.3, 0.4) is 0 Å². The number of nitrogens with one attached hydrogen (secondary N) is 1. The van der Waals surface area contributed by atoms with Gasteiger partial charge in [0.25, 0.3) is 5.91 Å². The van der Waals surface area contributed by atoms with Gasteiger partial charge in [0.2, 0.25) is 0 Å². The number of carbonyl (C=O) groups is 2. The van der Waals surface area contributed by atoms with Gasteiger partial charge in [0, 0.05) is 31.6 Å². The van der Waals surface area contributed by atoms with Crippen LogP contribution in [0.25, 0.3) is 0 Å². The first-order valence-corrected chi connectivity index (χ1v) is 6.88. The van der Waals surface area contributed by atoms with Crippen molar-refractivity contribution in [1.29, 1.82) is 0 Å². The number of likely N-dealkylation sites (tertiary alicyclic amines) is 1. The van der Waals surface area contributed by atoms with Crippen molar-refractivity contribution in [2.75, 3.05) is 19.6 Å². The van der Waals surface area contributed by atoms with E-state index in [0.29, 0.717) is 25.3 Å². The molecule has 2 unspecified atom stereocenters. The van der Waals surface area contributed by atoms with Gasteiger partial charge >= 0.3 is 5.97 Å². The van der Waals surface area contributed by atoms with Crippen molar-refractivity contribution < 1.29 is 19.1 Å². The number of carboxylic acid groups (broad SMARTS) is 1. The Morgan fingerprint density at radius 1 is 1.57 bits per heavy atom. The number of alkyl halides is 1. The van der Waals surface area contributed by atoms with Crippen molar-refractivity contribution in [3.63, 3.8) is 0 Å². The maximum absolute atomic E-state index is 14.7. The van der Waals surface area contributed by atoms with E-state index in [1.165, 1.54) is 17.2 Å². The number of piperidine rings is 1. The van der Waals surface area contributed by atoms with E-state index < -0.39 is 17.5 Å². The maximum atomic E-state index is 14.7. The number of hydrogen-bond donors (Lipinski definition) is 2. The molecule has 0 bridgehead atoms. The number of nitrogens with zero attached hydrogens (tertiary/aromatic N) is 2. The molecule has 21 heavy (non-hydrogen) atoms. The summed E-state index contributed by atoms with van der Waals surface area (Å²) in [6, 6.07) is 2.99. The number of aromatic carboxylic acids is 1. The van der Waals surface area contributed by atoms with E-state index in [1.54, 1.807) is 6.07 Å². The minimum atomic E-state index is -1.76. The molecule has 0 aliphatic carbocycles. The Morgan fingerprint density at radius 2 is 2.38 bits per heavy atom. The van der Waals surface area contributed by atoms with Crippen molar-refractivity contribution in [2.45, 2.75) is 18.6 Å². The summed E-state index contributed by atoms with van der Waals surface area (Å²) in [5, 5.41) is 11.9. The van der Waals surface area contributed by atoms with Crippen LogP contribution in [0.4, 0.5) is 4.39 Å². The maximum Gasteiger partial charge on any atom is 0.337 e. The molecule has 2 atom stereocenters. The molecule has 7 heteroatoms. The summed E-state index contributed by atoms with van der Waals surface area (Å²) in [7, 11) is 0. The lowest BCUT2D eigenvalue weighted by atomic mass is 9.86. The second-order valence-corrected chi connectivity index (χ2v) is 5.54. The number of aromatic nitrogens is 1. The molecule has 0 aromatic carbocycles. The smallest absolute Gasteiger partial charge is 0.337 e. The topological polar surface area (TPSA) is 82.5 Å². The molecule has 2 fully saturated rings. The second kappa shape index (κ2) is 5.07. The number of fused-ring (bicyclic) bond motifs is 1. The summed E-state index contributed by atoms with van der Waals surface area (Å²) in [6.07, 6.45) is 1.45. The Labute approximate surface area is 121 Å². The van der Waals surface area contributed by atoms with E-state index in [-0.39, 0.29) is 24.4 Å². The van der Waals surface area contributed by atoms with Crippen LogP contribution in [0.2, 0.25) is 0 Å². The van der Waals surface area contributed by atoms with Gasteiger partial charge in [0.15, 0.2) is 5.67 Å². The average molecular weight is 293 g/mol. The van der Waals surface area contributed by atoms with E-state index >= 15 is 0 Å². The van der Waals surface area contributed by atoms with Crippen LogP contribution >= 0.6 is 0 Å². The Hall–Kier alpha value is -2.02. The molecule has 2 aliphatic rings. The quantitative estimate of drug-likeness (QED) is 0.845. The zero-order valence-electron chi connectivity index (χ0n) is 11.4. The van der Waals surface area contributed by atoms with Crippen molar-refractivity contribution in [3.8, 4) is 0 Å². The molecule has 0 radical (unpaired) electrons. The summed E-state index contributed by atoms with van der Waals surface area (Å²) in [5.74, 6) is -1.85. The van der Waals surface area contributed by atoms with Gasteiger partial charge in [0.05, 0.1) is 17.8 Å². The molecule has 0 saturated carbocycles. The third-order valence-corrected chi connectivity index (χ3v) is 4.21. The molecular formula is C14H16FN3O3. The molecule has 1 aromatic rings. The van der Waals surface area contributed by atoms with Crippen LogP contribution in [0.1, 0.15) is 22.5 Å². The molecule has 1 aromatic heterocycles. The lowest BCUT2D eigenvalue weighted by Crippen LogP contribution is -2.49. The highest BCUT2D eigenvalue weighted by molar-refractivity contribution is 5.88. The molecular weight excluding hydrogens is 277 g/mol. The highest BCUT2D eigenvalue weighted by Gasteiger charge is 2.55. The molecule has 2 saturated heterocycles. The standard InChI is InChI=1S/C14H16FN3O3/c15-14-3-4-16-6-10(14)7-18(13(14)21)8-11-2-1-9(5-17-11)12(19)20/h1-2,5,10,16H,3-4,6-8H2,(H,19,20). The van der Waals surface area contributed by atoms with Crippen LogP contribution in [0.5, 0.6) is 0 Å². The summed E-state index contributed by atoms with van der Waals surface area (Å²) in [5.41, 5.74) is -1.11. The first kappa shape index (κ1) is 13.9. The van der Waals surface area contributed by atoms with Gasteiger partial charge in [-0.2, -0.15) is 0 Å². The lowest BCUT2D eigenvalue weighted by molar-refractivity contribution is -0.140. The van der Waals surface area contributed by atoms with Crippen LogP contribution in [0.15, 0.2) is 18.3 Å². The first-order valence-electron chi connectivity index (χ1n) is 6.88. The highest BCUT2D eigenvalue weighted by Crippen LogP contribution is 2.37. The predicted octanol–water partition coefficient (Wildman–Crippen LogP) is 0.440. The number of carbonyl (C=O) groups excluding carboxylic acids is 1. The second-order valence-electron chi connectivity index (χ2n) is 5.54. The van der Waals surface area contributed by atoms with Gasteiger partial charge in [-0.15, -0.1) is 0 Å². The van der Waals surface area contributed by atoms with Crippen LogP contribution < -0.4 is 5.32 Å². The summed E-state index contributed by atoms with van der Waals surface area (Å²) in [4.78, 5) is 28.5. The number of rotatable bonds is 3. The Morgan fingerprint density at radius 3 is 3.00 bits per heavy atom. The number of halogens is 1. The third-order valence-electron chi connectivity index (χ3n) is 4.21. The van der Waals surface area contributed by atoms with Crippen LogP contribution in [-0.2, 0) is 11.3 Å². The molecule has 2 aliphatic heterocycles. The van der Waals surface area contributed by atoms with Gasteiger partial charge in [0.1, 0.15) is 0 Å². The molecule has 3 heterocycles. The molecule has 1 amide bonds. The van der Waals surface area contributed by atoms with Crippen molar-refractivity contribution >= 4 is 11.9 Å². The highest BCUT2D eigenvalue weighted by atomic mass is 19.1. The molecule has 112 valence electrons. The molecule has 2 N–H and O–H groups in total. The minimum Gasteiger partial charge on any atom is -0.478 e. The molecule has 0 spiro atoms. The molecule has 3 rings (SSSR count).